The van der Waals surface area contributed by atoms with E-state index in [2.05, 4.69) is 34.7 Å². The van der Waals surface area contributed by atoms with Crippen LogP contribution in [0.25, 0.3) is 0 Å². The molecule has 0 spiro atoms. The molecule has 3 heteroatoms. The lowest BCUT2D eigenvalue weighted by Crippen LogP contribution is -2.24. The van der Waals surface area contributed by atoms with Gasteiger partial charge in [-0.3, -0.25) is 0 Å². The van der Waals surface area contributed by atoms with Crippen LogP contribution >= 0.6 is 15.9 Å². The van der Waals surface area contributed by atoms with Crippen molar-refractivity contribution in [3.8, 4) is 0 Å². The van der Waals surface area contributed by atoms with Crippen molar-refractivity contribution in [3.63, 3.8) is 0 Å². The first-order valence-corrected chi connectivity index (χ1v) is 6.18. The van der Waals surface area contributed by atoms with Gasteiger partial charge in [0.25, 0.3) is 0 Å². The number of unbranched alkanes of at least 4 members (excludes halogenated alkanes) is 1. The Morgan fingerprint density at radius 1 is 1.33 bits per heavy atom. The van der Waals surface area contributed by atoms with Crippen LogP contribution in [0, 0.1) is 5.82 Å². The summed E-state index contributed by atoms with van der Waals surface area (Å²) in [6.07, 6.45) is 2.23. The van der Waals surface area contributed by atoms with Crippen LogP contribution in [0.4, 0.5) is 10.1 Å². The molecule has 1 rings (SSSR count). The Hall–Kier alpha value is -0.570. The van der Waals surface area contributed by atoms with Crippen molar-refractivity contribution in [2.75, 3.05) is 18.0 Å². The Bertz CT molecular complexity index is 314. The highest BCUT2D eigenvalue weighted by Crippen LogP contribution is 2.24. The highest BCUT2D eigenvalue weighted by molar-refractivity contribution is 9.10. The topological polar surface area (TPSA) is 3.24 Å². The van der Waals surface area contributed by atoms with Crippen LogP contribution in [0.15, 0.2) is 22.7 Å². The Labute approximate surface area is 99.4 Å². The summed E-state index contributed by atoms with van der Waals surface area (Å²) >= 11 is 3.37. The number of nitrogens with zero attached hydrogens (tertiary/aromatic N) is 1. The molecule has 0 heterocycles. The molecule has 0 saturated heterocycles. The third kappa shape index (κ3) is 3.49. The Morgan fingerprint density at radius 3 is 2.67 bits per heavy atom. The number of rotatable bonds is 5. The standard InChI is InChI=1S/C12H17BrFN/c1-3-5-8-15(4-2)12-9-10(13)6-7-11(12)14/h6-7,9H,3-5,8H2,1-2H3. The second kappa shape index (κ2) is 6.11. The van der Waals surface area contributed by atoms with Crippen LogP contribution < -0.4 is 4.90 Å². The smallest absolute Gasteiger partial charge is 0.146 e. The lowest BCUT2D eigenvalue weighted by molar-refractivity contribution is 0.613. The van der Waals surface area contributed by atoms with Gasteiger partial charge in [0, 0.05) is 17.6 Å². The third-order valence-corrected chi connectivity index (χ3v) is 2.91. The first-order valence-electron chi connectivity index (χ1n) is 5.39. The van der Waals surface area contributed by atoms with E-state index in [1.807, 2.05) is 6.07 Å². The summed E-state index contributed by atoms with van der Waals surface area (Å²) in [5.74, 6) is -0.142. The van der Waals surface area contributed by atoms with Crippen molar-refractivity contribution >= 4 is 21.6 Å². The van der Waals surface area contributed by atoms with Crippen molar-refractivity contribution < 1.29 is 4.39 Å². The van der Waals surface area contributed by atoms with Crippen LogP contribution in [0.5, 0.6) is 0 Å². The maximum Gasteiger partial charge on any atom is 0.146 e. The van der Waals surface area contributed by atoms with Gasteiger partial charge in [0.15, 0.2) is 0 Å². The SMILES string of the molecule is CCCCN(CC)c1cc(Br)ccc1F. The van der Waals surface area contributed by atoms with E-state index in [1.54, 1.807) is 6.07 Å². The molecule has 84 valence electrons. The molecule has 0 saturated carbocycles. The number of hydrogen-bond donors (Lipinski definition) is 0. The fourth-order valence-corrected chi connectivity index (χ4v) is 1.88. The summed E-state index contributed by atoms with van der Waals surface area (Å²) in [5.41, 5.74) is 0.695. The number of benzene rings is 1. The summed E-state index contributed by atoms with van der Waals surface area (Å²) in [6, 6.07) is 5.08. The zero-order valence-electron chi connectivity index (χ0n) is 9.26. The minimum absolute atomic E-state index is 0.142. The minimum atomic E-state index is -0.142. The zero-order chi connectivity index (χ0) is 11.3. The van der Waals surface area contributed by atoms with E-state index in [0.29, 0.717) is 5.69 Å². The predicted molar refractivity (Wildman–Crippen MR) is 66.9 cm³/mol. The van der Waals surface area contributed by atoms with Gasteiger partial charge in [0.1, 0.15) is 5.82 Å². The average Bonchev–Trinajstić information content (AvgIpc) is 2.24. The van der Waals surface area contributed by atoms with Crippen LogP contribution in [0.1, 0.15) is 26.7 Å². The van der Waals surface area contributed by atoms with Gasteiger partial charge < -0.3 is 4.90 Å². The maximum atomic E-state index is 13.6. The summed E-state index contributed by atoms with van der Waals surface area (Å²) in [7, 11) is 0. The van der Waals surface area contributed by atoms with Crippen LogP contribution in [0.2, 0.25) is 0 Å². The van der Waals surface area contributed by atoms with E-state index in [0.717, 1.165) is 30.4 Å². The van der Waals surface area contributed by atoms with Crippen molar-refractivity contribution in [1.82, 2.24) is 0 Å². The normalized spacial score (nSPS) is 10.4. The quantitative estimate of drug-likeness (QED) is 0.777. The highest BCUT2D eigenvalue weighted by Gasteiger charge is 2.09. The molecule has 0 bridgehead atoms. The first kappa shape index (κ1) is 12.5. The summed E-state index contributed by atoms with van der Waals surface area (Å²) in [4.78, 5) is 2.07. The fourth-order valence-electron chi connectivity index (χ4n) is 1.53. The molecular weight excluding hydrogens is 257 g/mol. The monoisotopic (exact) mass is 273 g/mol. The highest BCUT2D eigenvalue weighted by atomic mass is 79.9. The molecule has 0 amide bonds. The molecule has 15 heavy (non-hydrogen) atoms. The molecule has 1 aromatic rings. The third-order valence-electron chi connectivity index (χ3n) is 2.41. The molecule has 1 nitrogen and oxygen atoms in total. The number of anilines is 1. The van der Waals surface area contributed by atoms with E-state index >= 15 is 0 Å². The van der Waals surface area contributed by atoms with Gasteiger partial charge >= 0.3 is 0 Å². The second-order valence-corrected chi connectivity index (χ2v) is 4.44. The lowest BCUT2D eigenvalue weighted by atomic mass is 10.2. The lowest BCUT2D eigenvalue weighted by Gasteiger charge is -2.23. The molecule has 0 radical (unpaired) electrons. The molecule has 0 unspecified atom stereocenters. The fraction of sp³-hybridized carbons (Fsp3) is 0.500. The number of halogens is 2. The largest absolute Gasteiger partial charge is 0.369 e. The van der Waals surface area contributed by atoms with Gasteiger partial charge in [0.05, 0.1) is 5.69 Å². The van der Waals surface area contributed by atoms with E-state index < -0.39 is 0 Å². The molecule has 1 aromatic carbocycles. The minimum Gasteiger partial charge on any atom is -0.369 e. The van der Waals surface area contributed by atoms with Crippen molar-refractivity contribution in [3.05, 3.63) is 28.5 Å². The van der Waals surface area contributed by atoms with Gasteiger partial charge in [0.2, 0.25) is 0 Å². The second-order valence-electron chi connectivity index (χ2n) is 3.53. The van der Waals surface area contributed by atoms with Crippen molar-refractivity contribution in [2.24, 2.45) is 0 Å². The summed E-state index contributed by atoms with van der Waals surface area (Å²) in [5, 5.41) is 0. The van der Waals surface area contributed by atoms with E-state index in [9.17, 15) is 4.39 Å². The molecule has 0 N–H and O–H groups in total. The van der Waals surface area contributed by atoms with Crippen molar-refractivity contribution in [1.29, 1.82) is 0 Å². The van der Waals surface area contributed by atoms with Crippen molar-refractivity contribution in [2.45, 2.75) is 26.7 Å². The Balaban J connectivity index is 2.85. The summed E-state index contributed by atoms with van der Waals surface area (Å²) in [6.45, 7) is 5.95. The Kier molecular flexibility index (Phi) is 5.09. The average molecular weight is 274 g/mol. The summed E-state index contributed by atoms with van der Waals surface area (Å²) < 4.78 is 14.5. The van der Waals surface area contributed by atoms with Gasteiger partial charge in [-0.15, -0.1) is 0 Å². The van der Waals surface area contributed by atoms with Crippen LogP contribution in [-0.2, 0) is 0 Å². The molecule has 0 aromatic heterocycles. The van der Waals surface area contributed by atoms with Crippen LogP contribution in [0.3, 0.4) is 0 Å². The van der Waals surface area contributed by atoms with Gasteiger partial charge in [-0.25, -0.2) is 4.39 Å². The van der Waals surface area contributed by atoms with Gasteiger partial charge in [-0.1, -0.05) is 29.3 Å². The molecule has 0 aliphatic carbocycles. The Morgan fingerprint density at radius 2 is 2.07 bits per heavy atom. The molecule has 0 aliphatic rings. The van der Waals surface area contributed by atoms with Crippen LogP contribution in [-0.4, -0.2) is 13.1 Å². The van der Waals surface area contributed by atoms with Gasteiger partial charge in [-0.05, 0) is 31.5 Å². The maximum absolute atomic E-state index is 13.6. The van der Waals surface area contributed by atoms with E-state index in [4.69, 9.17) is 0 Å². The first-order chi connectivity index (χ1) is 7.19. The molecule has 0 aliphatic heterocycles. The zero-order valence-corrected chi connectivity index (χ0v) is 10.8. The molecule has 0 atom stereocenters. The molecular formula is C12H17BrFN. The van der Waals surface area contributed by atoms with E-state index in [1.165, 1.54) is 6.07 Å². The predicted octanol–water partition coefficient (Wildman–Crippen LogP) is 4.21. The van der Waals surface area contributed by atoms with Gasteiger partial charge in [-0.2, -0.15) is 0 Å². The molecule has 0 fully saturated rings. The number of hydrogen-bond acceptors (Lipinski definition) is 1. The van der Waals surface area contributed by atoms with E-state index in [-0.39, 0.29) is 5.82 Å².